The van der Waals surface area contributed by atoms with Crippen LogP contribution in [0.5, 0.6) is 0 Å². The number of carbonyl (C=O) groups excluding carboxylic acids is 1. The van der Waals surface area contributed by atoms with E-state index < -0.39 is 17.8 Å². The maximum atomic E-state index is 12.6. The van der Waals surface area contributed by atoms with Crippen LogP contribution in [-0.2, 0) is 13.2 Å². The van der Waals surface area contributed by atoms with E-state index >= 15 is 0 Å². The molecule has 23 heavy (non-hydrogen) atoms. The van der Waals surface area contributed by atoms with E-state index in [1.165, 1.54) is 23.0 Å². The number of amides is 1. The maximum absolute atomic E-state index is 12.6. The van der Waals surface area contributed by atoms with Crippen LogP contribution in [0.1, 0.15) is 16.1 Å². The lowest BCUT2D eigenvalue weighted by Crippen LogP contribution is -2.16. The number of anilines is 1. The second-order valence-electron chi connectivity index (χ2n) is 4.60. The molecule has 0 saturated heterocycles. The predicted molar refractivity (Wildman–Crippen MR) is 73.5 cm³/mol. The highest BCUT2D eigenvalue weighted by molar-refractivity contribution is 6.10. The summed E-state index contributed by atoms with van der Waals surface area (Å²) in [7, 11) is 1.61. The fraction of sp³-hybridized carbons (Fsp3) is 0.154. The standard InChI is InChI=1S/C13H9F3N6O/c1-22-11-10(20-21-22)7(5-6-17-11)12(23)19-9-4-2-3-8(18-9)13(14,15)16/h2-6H,1H3,(H,18,19,23). The molecule has 0 fully saturated rings. The summed E-state index contributed by atoms with van der Waals surface area (Å²) in [4.78, 5) is 19.7. The van der Waals surface area contributed by atoms with Crippen molar-refractivity contribution in [2.45, 2.75) is 6.18 Å². The van der Waals surface area contributed by atoms with Gasteiger partial charge in [0.25, 0.3) is 5.91 Å². The number of aromatic nitrogens is 5. The minimum absolute atomic E-state index is 0.141. The molecule has 0 aliphatic carbocycles. The second kappa shape index (κ2) is 5.30. The molecule has 0 unspecified atom stereocenters. The molecular weight excluding hydrogens is 313 g/mol. The monoisotopic (exact) mass is 322 g/mol. The van der Waals surface area contributed by atoms with Crippen LogP contribution >= 0.6 is 0 Å². The van der Waals surface area contributed by atoms with E-state index in [2.05, 4.69) is 25.6 Å². The van der Waals surface area contributed by atoms with Crippen molar-refractivity contribution in [3.05, 3.63) is 41.7 Å². The van der Waals surface area contributed by atoms with Gasteiger partial charge in [0.1, 0.15) is 17.0 Å². The Kier molecular flexibility index (Phi) is 3.43. The van der Waals surface area contributed by atoms with Crippen LogP contribution in [0.25, 0.3) is 11.2 Å². The van der Waals surface area contributed by atoms with E-state index in [0.29, 0.717) is 5.65 Å². The molecule has 3 aromatic rings. The minimum Gasteiger partial charge on any atom is -0.306 e. The smallest absolute Gasteiger partial charge is 0.306 e. The zero-order valence-electron chi connectivity index (χ0n) is 11.7. The van der Waals surface area contributed by atoms with Crippen LogP contribution in [0, 0.1) is 0 Å². The first-order chi connectivity index (χ1) is 10.9. The number of hydrogen-bond acceptors (Lipinski definition) is 5. The van der Waals surface area contributed by atoms with Crippen LogP contribution in [-0.4, -0.2) is 30.9 Å². The van der Waals surface area contributed by atoms with E-state index in [1.807, 2.05) is 0 Å². The Hall–Kier alpha value is -3.04. The number of nitrogens with one attached hydrogen (secondary N) is 1. The third-order valence-corrected chi connectivity index (χ3v) is 3.02. The highest BCUT2D eigenvalue weighted by atomic mass is 19.4. The highest BCUT2D eigenvalue weighted by Crippen LogP contribution is 2.28. The number of pyridine rings is 2. The van der Waals surface area contributed by atoms with Crippen molar-refractivity contribution in [1.29, 1.82) is 0 Å². The molecule has 0 aliphatic heterocycles. The molecule has 1 N–H and O–H groups in total. The first kappa shape index (κ1) is 14.9. The summed E-state index contributed by atoms with van der Waals surface area (Å²) >= 11 is 0. The summed E-state index contributed by atoms with van der Waals surface area (Å²) in [6.07, 6.45) is -3.20. The molecular formula is C13H9F3N6O. The summed E-state index contributed by atoms with van der Waals surface area (Å²) in [6.45, 7) is 0. The van der Waals surface area contributed by atoms with Crippen molar-refractivity contribution in [1.82, 2.24) is 25.0 Å². The summed E-state index contributed by atoms with van der Waals surface area (Å²) in [6, 6.07) is 4.65. The van der Waals surface area contributed by atoms with Gasteiger partial charge < -0.3 is 5.32 Å². The fourth-order valence-corrected chi connectivity index (χ4v) is 1.96. The van der Waals surface area contributed by atoms with Crippen LogP contribution in [0.2, 0.25) is 0 Å². The molecule has 0 aliphatic rings. The van der Waals surface area contributed by atoms with Crippen molar-refractivity contribution >= 4 is 22.9 Å². The van der Waals surface area contributed by atoms with Gasteiger partial charge in [-0.2, -0.15) is 13.2 Å². The van der Waals surface area contributed by atoms with Gasteiger partial charge in [-0.1, -0.05) is 11.3 Å². The van der Waals surface area contributed by atoms with Gasteiger partial charge in [-0.15, -0.1) is 5.10 Å². The number of hydrogen-bond donors (Lipinski definition) is 1. The molecule has 0 aromatic carbocycles. The first-order valence-corrected chi connectivity index (χ1v) is 6.36. The molecule has 0 bridgehead atoms. The van der Waals surface area contributed by atoms with Crippen LogP contribution < -0.4 is 5.32 Å². The number of aryl methyl sites for hydroxylation is 1. The van der Waals surface area contributed by atoms with E-state index in [4.69, 9.17) is 0 Å². The number of halogens is 3. The maximum Gasteiger partial charge on any atom is 0.433 e. The molecule has 3 aromatic heterocycles. The summed E-state index contributed by atoms with van der Waals surface area (Å²) in [5.74, 6) is -0.858. The predicted octanol–water partition coefficient (Wildman–Crippen LogP) is 2.03. The van der Waals surface area contributed by atoms with Gasteiger partial charge >= 0.3 is 6.18 Å². The lowest BCUT2D eigenvalue weighted by atomic mass is 10.2. The topological polar surface area (TPSA) is 85.6 Å². The summed E-state index contributed by atoms with van der Waals surface area (Å²) in [5.41, 5.74) is -0.314. The van der Waals surface area contributed by atoms with Gasteiger partial charge in [-0.3, -0.25) is 4.79 Å². The third-order valence-electron chi connectivity index (χ3n) is 3.02. The first-order valence-electron chi connectivity index (χ1n) is 6.36. The zero-order valence-corrected chi connectivity index (χ0v) is 11.7. The molecule has 0 radical (unpaired) electrons. The van der Waals surface area contributed by atoms with Crippen LogP contribution in [0.4, 0.5) is 19.0 Å². The van der Waals surface area contributed by atoms with Gasteiger partial charge in [0.2, 0.25) is 0 Å². The zero-order chi connectivity index (χ0) is 16.6. The average Bonchev–Trinajstić information content (AvgIpc) is 2.88. The van der Waals surface area contributed by atoms with Crippen molar-refractivity contribution in [3.8, 4) is 0 Å². The largest absolute Gasteiger partial charge is 0.433 e. The molecule has 10 heteroatoms. The van der Waals surface area contributed by atoms with E-state index in [9.17, 15) is 18.0 Å². The SMILES string of the molecule is Cn1nnc2c(C(=O)Nc3cccc(C(F)(F)F)n3)ccnc21. The van der Waals surface area contributed by atoms with Gasteiger partial charge in [0.05, 0.1) is 5.56 Å². The molecule has 1 amide bonds. The molecule has 0 atom stereocenters. The van der Waals surface area contributed by atoms with Crippen LogP contribution in [0.15, 0.2) is 30.5 Å². The Morgan fingerprint density at radius 2 is 2.04 bits per heavy atom. The van der Waals surface area contributed by atoms with Gasteiger partial charge in [0.15, 0.2) is 5.65 Å². The fourth-order valence-electron chi connectivity index (χ4n) is 1.96. The van der Waals surface area contributed by atoms with Gasteiger partial charge in [-0.05, 0) is 18.2 Å². The molecule has 0 saturated carbocycles. The quantitative estimate of drug-likeness (QED) is 0.780. The van der Waals surface area contributed by atoms with Crippen LogP contribution in [0.3, 0.4) is 0 Å². The molecule has 3 rings (SSSR count). The Morgan fingerprint density at radius 1 is 1.26 bits per heavy atom. The van der Waals surface area contributed by atoms with Crippen molar-refractivity contribution in [2.24, 2.45) is 7.05 Å². The second-order valence-corrected chi connectivity index (χ2v) is 4.60. The minimum atomic E-state index is -4.59. The Bertz CT molecular complexity index is 889. The number of rotatable bonds is 2. The van der Waals surface area contributed by atoms with Crippen molar-refractivity contribution in [3.63, 3.8) is 0 Å². The van der Waals surface area contributed by atoms with Crippen molar-refractivity contribution < 1.29 is 18.0 Å². The highest BCUT2D eigenvalue weighted by Gasteiger charge is 2.32. The van der Waals surface area contributed by atoms with E-state index in [1.54, 1.807) is 7.05 Å². The molecule has 3 heterocycles. The number of fused-ring (bicyclic) bond motifs is 1. The van der Waals surface area contributed by atoms with E-state index in [0.717, 1.165) is 12.1 Å². The Morgan fingerprint density at radius 3 is 2.78 bits per heavy atom. The van der Waals surface area contributed by atoms with Crippen molar-refractivity contribution in [2.75, 3.05) is 5.32 Å². The Labute approximate surface area is 127 Å². The molecule has 118 valence electrons. The van der Waals surface area contributed by atoms with Gasteiger partial charge in [0, 0.05) is 13.2 Å². The van der Waals surface area contributed by atoms with Gasteiger partial charge in [-0.25, -0.2) is 14.6 Å². The normalized spacial score (nSPS) is 11.7. The summed E-state index contributed by atoms with van der Waals surface area (Å²) in [5, 5.41) is 9.90. The lowest BCUT2D eigenvalue weighted by molar-refractivity contribution is -0.141. The van der Waals surface area contributed by atoms with E-state index in [-0.39, 0.29) is 16.9 Å². The lowest BCUT2D eigenvalue weighted by Gasteiger charge is -2.08. The molecule has 0 spiro atoms. The summed E-state index contributed by atoms with van der Waals surface area (Å²) < 4.78 is 39.3. The third kappa shape index (κ3) is 2.82. The number of carbonyl (C=O) groups is 1. The number of alkyl halides is 3. The molecule has 7 nitrogen and oxygen atoms in total. The Balaban J connectivity index is 1.92. The average molecular weight is 322 g/mol. The number of nitrogens with zero attached hydrogens (tertiary/aromatic N) is 5.